The van der Waals surface area contributed by atoms with Crippen LogP contribution >= 0.6 is 0 Å². The molecule has 0 amide bonds. The topological polar surface area (TPSA) is 26.3 Å². The number of carbonyl (C=O) groups is 1. The lowest BCUT2D eigenvalue weighted by molar-refractivity contribution is -0.146. The van der Waals surface area contributed by atoms with Crippen LogP contribution in [0.4, 0.5) is 22.0 Å². The van der Waals surface area contributed by atoms with Crippen molar-refractivity contribution in [1.82, 2.24) is 0 Å². The van der Waals surface area contributed by atoms with Crippen molar-refractivity contribution in [2.45, 2.75) is 6.43 Å². The zero-order valence-corrected chi connectivity index (χ0v) is 6.94. The molecule has 0 aromatic heterocycles. The van der Waals surface area contributed by atoms with Crippen LogP contribution in [0.3, 0.4) is 0 Å². The average molecular weight is 226 g/mol. The number of esters is 1. The van der Waals surface area contributed by atoms with Crippen LogP contribution in [-0.2, 0) is 4.79 Å². The van der Waals surface area contributed by atoms with Crippen molar-refractivity contribution in [3.8, 4) is 5.75 Å². The van der Waals surface area contributed by atoms with Crippen LogP contribution in [0.5, 0.6) is 5.75 Å². The summed E-state index contributed by atoms with van der Waals surface area (Å²) in [6.45, 7) is 0. The van der Waals surface area contributed by atoms with Crippen LogP contribution in [0.1, 0.15) is 0 Å². The summed E-state index contributed by atoms with van der Waals surface area (Å²) >= 11 is 0. The summed E-state index contributed by atoms with van der Waals surface area (Å²) in [5.74, 6) is -7.83. The van der Waals surface area contributed by atoms with Crippen molar-refractivity contribution in [2.24, 2.45) is 0 Å². The largest absolute Gasteiger partial charge is 0.422 e. The standard InChI is InChI=1S/C8H3F5O2/c9-4-1-3(2-5(10)6(4)11)15-8(14)7(12)13/h1-2,7H. The van der Waals surface area contributed by atoms with Gasteiger partial charge in [-0.15, -0.1) is 0 Å². The summed E-state index contributed by atoms with van der Waals surface area (Å²) in [5.41, 5.74) is 0. The lowest BCUT2D eigenvalue weighted by atomic mass is 10.3. The quantitative estimate of drug-likeness (QED) is 0.334. The number of alkyl halides is 2. The molecule has 0 fully saturated rings. The van der Waals surface area contributed by atoms with Gasteiger partial charge in [0.2, 0.25) is 0 Å². The van der Waals surface area contributed by atoms with Gasteiger partial charge in [0.1, 0.15) is 5.75 Å². The average Bonchev–Trinajstić information content (AvgIpc) is 2.13. The molecule has 2 nitrogen and oxygen atoms in total. The highest BCUT2D eigenvalue weighted by Crippen LogP contribution is 2.19. The van der Waals surface area contributed by atoms with E-state index in [9.17, 15) is 26.7 Å². The molecule has 0 aliphatic carbocycles. The third-order valence-electron chi connectivity index (χ3n) is 1.35. The van der Waals surface area contributed by atoms with Gasteiger partial charge in [-0.3, -0.25) is 0 Å². The Morgan fingerprint density at radius 3 is 2.00 bits per heavy atom. The van der Waals surface area contributed by atoms with Crippen molar-refractivity contribution >= 4 is 5.97 Å². The van der Waals surface area contributed by atoms with Gasteiger partial charge in [0, 0.05) is 12.1 Å². The van der Waals surface area contributed by atoms with Gasteiger partial charge in [0.15, 0.2) is 17.5 Å². The maximum Gasteiger partial charge on any atom is 0.379 e. The molecular formula is C8H3F5O2. The Kier molecular flexibility index (Phi) is 3.23. The zero-order valence-electron chi connectivity index (χ0n) is 6.94. The number of hydrogen-bond acceptors (Lipinski definition) is 2. The molecule has 0 N–H and O–H groups in total. The van der Waals surface area contributed by atoms with Crippen LogP contribution in [0.2, 0.25) is 0 Å². The molecule has 0 bridgehead atoms. The van der Waals surface area contributed by atoms with Gasteiger partial charge in [-0.25, -0.2) is 18.0 Å². The van der Waals surface area contributed by atoms with E-state index in [1.54, 1.807) is 0 Å². The number of halogens is 5. The van der Waals surface area contributed by atoms with E-state index in [2.05, 4.69) is 4.74 Å². The molecule has 0 saturated carbocycles. The summed E-state index contributed by atoms with van der Waals surface area (Å²) in [6, 6.07) is 0.581. The van der Waals surface area contributed by atoms with Crippen LogP contribution < -0.4 is 4.74 Å². The van der Waals surface area contributed by atoms with Gasteiger partial charge in [-0.05, 0) is 0 Å². The molecule has 0 radical (unpaired) electrons. The Balaban J connectivity index is 2.93. The molecule has 0 aliphatic rings. The number of hydrogen-bond donors (Lipinski definition) is 0. The molecule has 0 aliphatic heterocycles. The van der Waals surface area contributed by atoms with E-state index in [4.69, 9.17) is 0 Å². The Bertz CT molecular complexity index is 368. The second kappa shape index (κ2) is 4.24. The third kappa shape index (κ3) is 2.64. The fraction of sp³-hybridized carbons (Fsp3) is 0.125. The summed E-state index contributed by atoms with van der Waals surface area (Å²) in [4.78, 5) is 10.3. The first-order valence-electron chi connectivity index (χ1n) is 3.56. The van der Waals surface area contributed by atoms with Crippen LogP contribution in [0, 0.1) is 17.5 Å². The minimum Gasteiger partial charge on any atom is -0.422 e. The molecule has 0 heterocycles. The highest BCUT2D eigenvalue weighted by atomic mass is 19.3. The molecule has 0 atom stereocenters. The van der Waals surface area contributed by atoms with Gasteiger partial charge in [0.25, 0.3) is 0 Å². The maximum atomic E-state index is 12.5. The minimum atomic E-state index is -3.43. The van der Waals surface area contributed by atoms with Crippen molar-refractivity contribution in [3.05, 3.63) is 29.6 Å². The Morgan fingerprint density at radius 1 is 1.13 bits per heavy atom. The Hall–Kier alpha value is -1.66. The predicted octanol–water partition coefficient (Wildman–Crippen LogP) is 2.27. The van der Waals surface area contributed by atoms with Gasteiger partial charge in [0.05, 0.1) is 0 Å². The molecule has 1 rings (SSSR count). The lowest BCUT2D eigenvalue weighted by Crippen LogP contribution is -2.17. The molecule has 7 heteroatoms. The monoisotopic (exact) mass is 226 g/mol. The Morgan fingerprint density at radius 2 is 1.60 bits per heavy atom. The predicted molar refractivity (Wildman–Crippen MR) is 38.0 cm³/mol. The first kappa shape index (κ1) is 11.4. The maximum absolute atomic E-state index is 12.5. The van der Waals surface area contributed by atoms with E-state index in [0.717, 1.165) is 0 Å². The fourth-order valence-corrected chi connectivity index (χ4v) is 0.752. The second-order valence-corrected chi connectivity index (χ2v) is 2.42. The van der Waals surface area contributed by atoms with E-state index >= 15 is 0 Å². The van der Waals surface area contributed by atoms with Gasteiger partial charge >= 0.3 is 12.4 Å². The first-order valence-corrected chi connectivity index (χ1v) is 3.56. The smallest absolute Gasteiger partial charge is 0.379 e. The molecule has 15 heavy (non-hydrogen) atoms. The van der Waals surface area contributed by atoms with Crippen molar-refractivity contribution in [2.75, 3.05) is 0 Å². The fourth-order valence-electron chi connectivity index (χ4n) is 0.752. The van der Waals surface area contributed by atoms with Gasteiger partial charge < -0.3 is 4.74 Å². The molecule has 1 aromatic rings. The molecule has 0 unspecified atom stereocenters. The molecule has 1 aromatic carbocycles. The minimum absolute atomic E-state index is 0.290. The molecule has 0 saturated heterocycles. The summed E-state index contributed by atoms with van der Waals surface area (Å²) in [6.07, 6.45) is -3.43. The Labute approximate surface area is 80.3 Å². The third-order valence-corrected chi connectivity index (χ3v) is 1.35. The van der Waals surface area contributed by atoms with Crippen molar-refractivity contribution in [1.29, 1.82) is 0 Å². The highest BCUT2D eigenvalue weighted by molar-refractivity contribution is 5.75. The molecule has 0 spiro atoms. The first-order chi connectivity index (χ1) is 6.91. The van der Waals surface area contributed by atoms with E-state index in [1.165, 1.54) is 0 Å². The van der Waals surface area contributed by atoms with Gasteiger partial charge in [-0.2, -0.15) is 8.78 Å². The van der Waals surface area contributed by atoms with E-state index < -0.39 is 35.6 Å². The molecular weight excluding hydrogens is 223 g/mol. The second-order valence-electron chi connectivity index (χ2n) is 2.42. The number of ether oxygens (including phenoxy) is 1. The summed E-state index contributed by atoms with van der Waals surface area (Å²) < 4.78 is 64.5. The van der Waals surface area contributed by atoms with Crippen molar-refractivity contribution in [3.63, 3.8) is 0 Å². The zero-order chi connectivity index (χ0) is 11.6. The van der Waals surface area contributed by atoms with Crippen molar-refractivity contribution < 1.29 is 31.5 Å². The number of carbonyl (C=O) groups excluding carboxylic acids is 1. The van der Waals surface area contributed by atoms with E-state index in [1.807, 2.05) is 0 Å². The van der Waals surface area contributed by atoms with Crippen LogP contribution in [0.25, 0.3) is 0 Å². The highest BCUT2D eigenvalue weighted by Gasteiger charge is 2.20. The van der Waals surface area contributed by atoms with E-state index in [0.29, 0.717) is 12.1 Å². The van der Waals surface area contributed by atoms with Gasteiger partial charge in [-0.1, -0.05) is 0 Å². The van der Waals surface area contributed by atoms with Crippen LogP contribution in [-0.4, -0.2) is 12.4 Å². The normalized spacial score (nSPS) is 10.5. The summed E-state index contributed by atoms with van der Waals surface area (Å²) in [7, 11) is 0. The van der Waals surface area contributed by atoms with Crippen LogP contribution in [0.15, 0.2) is 12.1 Å². The molecule has 82 valence electrons. The summed E-state index contributed by atoms with van der Waals surface area (Å²) in [5, 5.41) is 0. The number of benzene rings is 1. The van der Waals surface area contributed by atoms with E-state index in [-0.39, 0.29) is 0 Å². The number of rotatable bonds is 2. The SMILES string of the molecule is O=C(Oc1cc(F)c(F)c(F)c1)C(F)F. The lowest BCUT2D eigenvalue weighted by Gasteiger charge is -2.04.